The Morgan fingerprint density at radius 3 is 1.82 bits per heavy atom. The molecule has 0 fully saturated rings. The molecule has 0 aliphatic rings. The summed E-state index contributed by atoms with van der Waals surface area (Å²) in [7, 11) is 0. The SMILES string of the molecule is [2H]C(=O)C(=C(c1ccccc1)c1ccccc1)C([2H])([2H])[2H]. The number of carbonyl (C=O) groups excluding carboxylic acids is 1. The zero-order chi connectivity index (χ0) is 15.5. The number of allylic oxidation sites excluding steroid dienone is 1. The minimum Gasteiger partial charge on any atom is -0.298 e. The highest BCUT2D eigenvalue weighted by atomic mass is 16.1. The summed E-state index contributed by atoms with van der Waals surface area (Å²) in [5.74, 6) is 0. The fourth-order valence-corrected chi connectivity index (χ4v) is 1.72. The number of aldehydes is 1. The molecule has 2 aromatic carbocycles. The predicted octanol–water partition coefficient (Wildman–Crippen LogP) is 3.71. The number of rotatable bonds is 3. The van der Waals surface area contributed by atoms with Gasteiger partial charge in [-0.3, -0.25) is 4.79 Å². The highest BCUT2D eigenvalue weighted by molar-refractivity contribution is 5.94. The Balaban J connectivity index is 2.81. The highest BCUT2D eigenvalue weighted by Gasteiger charge is 2.07. The van der Waals surface area contributed by atoms with Gasteiger partial charge in [0.1, 0.15) is 7.63 Å². The van der Waals surface area contributed by atoms with Gasteiger partial charge in [-0.15, -0.1) is 0 Å². The average molecular weight is 226 g/mol. The van der Waals surface area contributed by atoms with E-state index in [-0.39, 0.29) is 5.57 Å². The Labute approximate surface area is 107 Å². The summed E-state index contributed by atoms with van der Waals surface area (Å²) in [6, 6.07) is 17.6. The Hall–Kier alpha value is -2.15. The van der Waals surface area contributed by atoms with Crippen LogP contribution >= 0.6 is 0 Å². The van der Waals surface area contributed by atoms with Gasteiger partial charge in [0.25, 0.3) is 0 Å². The van der Waals surface area contributed by atoms with Gasteiger partial charge in [0.15, 0.2) is 0 Å². The van der Waals surface area contributed by atoms with Crippen LogP contribution in [0.3, 0.4) is 0 Å². The number of benzene rings is 2. The zero-order valence-corrected chi connectivity index (χ0v) is 9.18. The summed E-state index contributed by atoms with van der Waals surface area (Å²) < 4.78 is 30.1. The molecule has 0 atom stereocenters. The van der Waals surface area contributed by atoms with E-state index in [0.29, 0.717) is 11.1 Å². The van der Waals surface area contributed by atoms with Crippen molar-refractivity contribution in [2.24, 2.45) is 0 Å². The Morgan fingerprint density at radius 2 is 1.47 bits per heavy atom. The summed E-state index contributed by atoms with van der Waals surface area (Å²) >= 11 is 0. The molecule has 1 heteroatoms. The molecular weight excluding hydrogens is 208 g/mol. The Morgan fingerprint density at radius 1 is 1.00 bits per heavy atom. The molecule has 0 saturated carbocycles. The van der Waals surface area contributed by atoms with E-state index < -0.39 is 18.7 Å². The van der Waals surface area contributed by atoms with Gasteiger partial charge in [-0.25, -0.2) is 0 Å². The van der Waals surface area contributed by atoms with Crippen LogP contribution in [0.5, 0.6) is 0 Å². The van der Waals surface area contributed by atoms with Crippen LogP contribution in [-0.2, 0) is 4.79 Å². The molecule has 17 heavy (non-hydrogen) atoms. The lowest BCUT2D eigenvalue weighted by atomic mass is 9.94. The lowest BCUT2D eigenvalue weighted by Crippen LogP contribution is -1.92. The third-order valence-electron chi connectivity index (χ3n) is 2.48. The molecule has 84 valence electrons. The van der Waals surface area contributed by atoms with Gasteiger partial charge < -0.3 is 0 Å². The van der Waals surface area contributed by atoms with Gasteiger partial charge >= 0.3 is 0 Å². The van der Waals surface area contributed by atoms with Crippen molar-refractivity contribution < 1.29 is 10.3 Å². The molecule has 0 unspecified atom stereocenters. The second kappa shape index (κ2) is 5.26. The molecule has 0 aliphatic carbocycles. The van der Waals surface area contributed by atoms with Gasteiger partial charge in [-0.05, 0) is 29.1 Å². The number of hydrogen-bond donors (Lipinski definition) is 0. The van der Waals surface area contributed by atoms with E-state index in [2.05, 4.69) is 0 Å². The maximum atomic E-state index is 11.6. The van der Waals surface area contributed by atoms with Crippen molar-refractivity contribution in [3.63, 3.8) is 0 Å². The monoisotopic (exact) mass is 226 g/mol. The maximum Gasteiger partial charge on any atom is 0.146 e. The quantitative estimate of drug-likeness (QED) is 0.576. The Kier molecular flexibility index (Phi) is 2.24. The molecule has 0 N–H and O–H groups in total. The first-order valence-corrected chi connectivity index (χ1v) is 5.28. The van der Waals surface area contributed by atoms with Gasteiger partial charge in [0.2, 0.25) is 0 Å². The molecule has 0 aliphatic heterocycles. The predicted molar refractivity (Wildman–Crippen MR) is 70.6 cm³/mol. The standard InChI is InChI=1S/C16H14O/c1-13(12-17)16(14-8-4-2-5-9-14)15-10-6-3-7-11-15/h2-12H,1H3/i1D3,12D. The van der Waals surface area contributed by atoms with Crippen LogP contribution in [0.4, 0.5) is 0 Å². The molecule has 2 rings (SSSR count). The molecule has 0 spiro atoms. The van der Waals surface area contributed by atoms with E-state index in [1.165, 1.54) is 0 Å². The third kappa shape index (κ3) is 2.51. The van der Waals surface area contributed by atoms with Crippen LogP contribution in [0.2, 0.25) is 0 Å². The fourth-order valence-electron chi connectivity index (χ4n) is 1.72. The largest absolute Gasteiger partial charge is 0.298 e. The second-order valence-corrected chi connectivity index (χ2v) is 3.58. The zero-order valence-electron chi connectivity index (χ0n) is 13.2. The van der Waals surface area contributed by atoms with Crippen molar-refractivity contribution in [1.82, 2.24) is 0 Å². The smallest absolute Gasteiger partial charge is 0.146 e. The molecule has 0 bridgehead atoms. The van der Waals surface area contributed by atoms with Crippen molar-refractivity contribution in [2.45, 2.75) is 6.85 Å². The van der Waals surface area contributed by atoms with E-state index in [1.807, 2.05) is 12.1 Å². The average Bonchev–Trinajstić information content (AvgIpc) is 2.44. The summed E-state index contributed by atoms with van der Waals surface area (Å²) in [4.78, 5) is 11.6. The van der Waals surface area contributed by atoms with Crippen LogP contribution in [0.15, 0.2) is 66.2 Å². The van der Waals surface area contributed by atoms with E-state index >= 15 is 0 Å². The van der Waals surface area contributed by atoms with E-state index in [0.717, 1.165) is 0 Å². The van der Waals surface area contributed by atoms with Crippen LogP contribution in [0, 0.1) is 0 Å². The summed E-state index contributed by atoms with van der Waals surface area (Å²) in [5.41, 5.74) is 1.04. The maximum absolute atomic E-state index is 11.6. The molecule has 0 amide bonds. The van der Waals surface area contributed by atoms with Crippen LogP contribution in [-0.4, -0.2) is 6.26 Å². The summed E-state index contributed by atoms with van der Waals surface area (Å²) in [6.45, 7) is -2.64. The van der Waals surface area contributed by atoms with E-state index in [9.17, 15) is 4.79 Å². The summed E-state index contributed by atoms with van der Waals surface area (Å²) in [5, 5.41) is 0. The lowest BCUT2D eigenvalue weighted by molar-refractivity contribution is -0.104. The highest BCUT2D eigenvalue weighted by Crippen LogP contribution is 2.25. The summed E-state index contributed by atoms with van der Waals surface area (Å²) in [6.07, 6.45) is -1.18. The van der Waals surface area contributed by atoms with Gasteiger partial charge in [-0.1, -0.05) is 60.7 Å². The molecule has 1 nitrogen and oxygen atoms in total. The molecular formula is C16H14O. The van der Waals surface area contributed by atoms with Crippen LogP contribution in [0.1, 0.15) is 23.5 Å². The molecule has 0 saturated heterocycles. The minimum atomic E-state index is -2.64. The minimum absolute atomic E-state index is 0.288. The first-order chi connectivity index (χ1) is 9.91. The molecule has 0 aromatic heterocycles. The molecule has 0 radical (unpaired) electrons. The Bertz CT molecular complexity index is 616. The van der Waals surface area contributed by atoms with E-state index in [1.54, 1.807) is 48.5 Å². The van der Waals surface area contributed by atoms with E-state index in [4.69, 9.17) is 5.48 Å². The number of hydrogen-bond acceptors (Lipinski definition) is 1. The van der Waals surface area contributed by atoms with Crippen molar-refractivity contribution in [2.75, 3.05) is 0 Å². The van der Waals surface area contributed by atoms with Gasteiger partial charge in [-0.2, -0.15) is 0 Å². The molecule has 0 heterocycles. The normalized spacial score (nSPS) is 13.9. The first kappa shape index (κ1) is 7.23. The second-order valence-electron chi connectivity index (χ2n) is 3.58. The van der Waals surface area contributed by atoms with Gasteiger partial charge in [0, 0.05) is 4.11 Å². The van der Waals surface area contributed by atoms with Gasteiger partial charge in [0.05, 0.1) is 0 Å². The fraction of sp³-hybridized carbons (Fsp3) is 0.0625. The van der Waals surface area contributed by atoms with Crippen molar-refractivity contribution in [1.29, 1.82) is 0 Å². The number of carbonyl (C=O) groups is 1. The van der Waals surface area contributed by atoms with Crippen molar-refractivity contribution in [3.05, 3.63) is 77.4 Å². The van der Waals surface area contributed by atoms with Crippen molar-refractivity contribution >= 4 is 11.8 Å². The topological polar surface area (TPSA) is 17.1 Å². The first-order valence-electron chi connectivity index (χ1n) is 7.28. The van der Waals surface area contributed by atoms with Crippen molar-refractivity contribution in [3.8, 4) is 0 Å². The third-order valence-corrected chi connectivity index (χ3v) is 2.48. The van der Waals surface area contributed by atoms with Crippen LogP contribution in [0.25, 0.3) is 5.57 Å². The molecule has 2 aromatic rings. The lowest BCUT2D eigenvalue weighted by Gasteiger charge is -2.09. The van der Waals surface area contributed by atoms with Crippen LogP contribution < -0.4 is 0 Å².